The number of aromatic nitrogens is 2. The number of hydrogen-bond acceptors (Lipinski definition) is 6. The fraction of sp³-hybridized carbons (Fsp3) is 0.214. The van der Waals surface area contributed by atoms with Crippen molar-refractivity contribution in [1.29, 1.82) is 0 Å². The van der Waals surface area contributed by atoms with Crippen molar-refractivity contribution < 1.29 is 0 Å². The Bertz CT molecular complexity index is 806. The first-order valence-electron chi connectivity index (χ1n) is 6.50. The van der Waals surface area contributed by atoms with Crippen LogP contribution in [-0.2, 0) is 5.75 Å². The van der Waals surface area contributed by atoms with Crippen LogP contribution in [0.4, 0.5) is 5.69 Å². The highest BCUT2D eigenvalue weighted by atomic mass is 79.9. The lowest BCUT2D eigenvalue weighted by atomic mass is 10.1. The van der Waals surface area contributed by atoms with Gasteiger partial charge in [-0.2, -0.15) is 10.2 Å². The van der Waals surface area contributed by atoms with Gasteiger partial charge in [-0.15, -0.1) is 0 Å². The van der Waals surface area contributed by atoms with Crippen LogP contribution in [-0.4, -0.2) is 21.6 Å². The maximum Gasteiger partial charge on any atom is 0.280 e. The minimum atomic E-state index is -0.179. The summed E-state index contributed by atoms with van der Waals surface area (Å²) < 4.78 is 1.94. The predicted octanol–water partition coefficient (Wildman–Crippen LogP) is 3.59. The van der Waals surface area contributed by atoms with E-state index >= 15 is 0 Å². The summed E-state index contributed by atoms with van der Waals surface area (Å²) >= 11 is 6.50. The van der Waals surface area contributed by atoms with Gasteiger partial charge in [-0.1, -0.05) is 45.5 Å². The van der Waals surface area contributed by atoms with E-state index in [0.717, 1.165) is 20.3 Å². The summed E-state index contributed by atoms with van der Waals surface area (Å²) in [4.78, 5) is 12.5. The number of aromatic amines is 1. The number of rotatable bonds is 2. The fourth-order valence-corrected chi connectivity index (χ4v) is 4.70. The van der Waals surface area contributed by atoms with Gasteiger partial charge in [0.25, 0.3) is 5.56 Å². The third-order valence-corrected chi connectivity index (χ3v) is 5.95. The molecule has 3 rings (SSSR count). The number of nitrogens with one attached hydrogen (secondary N) is 1. The van der Waals surface area contributed by atoms with Crippen LogP contribution in [0.1, 0.15) is 11.1 Å². The molecule has 1 N–H and O–H groups in total. The van der Waals surface area contributed by atoms with Gasteiger partial charge in [0.05, 0.1) is 11.9 Å². The van der Waals surface area contributed by atoms with Gasteiger partial charge in [-0.25, -0.2) is 5.10 Å². The molecule has 0 unspecified atom stereocenters. The number of anilines is 1. The van der Waals surface area contributed by atoms with E-state index in [-0.39, 0.29) is 5.56 Å². The number of thioether (sulfide) groups is 2. The van der Waals surface area contributed by atoms with E-state index in [1.54, 1.807) is 23.0 Å². The number of hydrazone groups is 1. The van der Waals surface area contributed by atoms with Gasteiger partial charge < -0.3 is 0 Å². The molecule has 114 valence electrons. The molecule has 1 aromatic heterocycles. The van der Waals surface area contributed by atoms with Gasteiger partial charge in [0.2, 0.25) is 0 Å². The van der Waals surface area contributed by atoms with Crippen molar-refractivity contribution in [3.05, 3.63) is 50.3 Å². The molecule has 2 aromatic rings. The monoisotopic (exact) mass is 396 g/mol. The average molecular weight is 397 g/mol. The number of benzene rings is 1. The Balaban J connectivity index is 1.77. The maximum absolute atomic E-state index is 11.9. The molecule has 0 saturated carbocycles. The van der Waals surface area contributed by atoms with E-state index in [9.17, 15) is 4.79 Å². The largest absolute Gasteiger partial charge is 0.280 e. The van der Waals surface area contributed by atoms with Crippen LogP contribution >= 0.6 is 39.5 Å². The van der Waals surface area contributed by atoms with Crippen molar-refractivity contribution in [3.8, 4) is 0 Å². The quantitative estimate of drug-likeness (QED) is 0.839. The van der Waals surface area contributed by atoms with Crippen LogP contribution in [0, 0.1) is 6.92 Å². The summed E-state index contributed by atoms with van der Waals surface area (Å²) in [6.45, 7) is 2.09. The first kappa shape index (κ1) is 15.6. The number of H-pyrrole nitrogens is 1. The van der Waals surface area contributed by atoms with Gasteiger partial charge in [0, 0.05) is 17.3 Å². The minimum Gasteiger partial charge on any atom is -0.267 e. The fourth-order valence-electron chi connectivity index (χ4n) is 2.01. The summed E-state index contributed by atoms with van der Waals surface area (Å²) in [6, 6.07) is 6.24. The highest BCUT2D eigenvalue weighted by molar-refractivity contribution is 9.10. The molecular formula is C14H13BrN4OS2. The number of nitrogens with zero attached hydrogens (tertiary/aromatic N) is 3. The van der Waals surface area contributed by atoms with E-state index in [1.165, 1.54) is 22.9 Å². The molecule has 0 amide bonds. The Hall–Kier alpha value is -1.25. The van der Waals surface area contributed by atoms with Gasteiger partial charge in [-0.3, -0.25) is 9.80 Å². The zero-order chi connectivity index (χ0) is 15.7. The Morgan fingerprint density at radius 2 is 2.27 bits per heavy atom. The SMILES string of the molecule is Cc1cc(Br)ccc1CSC1=NN(C)c2cn[nH]c(=O)c2S1. The molecule has 0 radical (unpaired) electrons. The van der Waals surface area contributed by atoms with Crippen molar-refractivity contribution in [2.75, 3.05) is 12.1 Å². The molecule has 0 spiro atoms. The molecule has 0 aliphatic carbocycles. The first-order valence-corrected chi connectivity index (χ1v) is 9.10. The smallest absolute Gasteiger partial charge is 0.267 e. The predicted molar refractivity (Wildman–Crippen MR) is 96.7 cm³/mol. The average Bonchev–Trinajstić information content (AvgIpc) is 2.47. The highest BCUT2D eigenvalue weighted by Crippen LogP contribution is 2.36. The molecule has 2 heterocycles. The number of halogens is 1. The Kier molecular flexibility index (Phi) is 4.60. The van der Waals surface area contributed by atoms with Crippen LogP contribution in [0.25, 0.3) is 0 Å². The van der Waals surface area contributed by atoms with E-state index in [1.807, 2.05) is 13.1 Å². The molecule has 8 heteroatoms. The highest BCUT2D eigenvalue weighted by Gasteiger charge is 2.21. The van der Waals surface area contributed by atoms with E-state index in [2.05, 4.69) is 50.3 Å². The second kappa shape index (κ2) is 6.47. The molecule has 0 atom stereocenters. The molecule has 0 saturated heterocycles. The van der Waals surface area contributed by atoms with Crippen molar-refractivity contribution in [3.63, 3.8) is 0 Å². The molecule has 1 aliphatic rings. The van der Waals surface area contributed by atoms with Crippen LogP contribution in [0.3, 0.4) is 0 Å². The van der Waals surface area contributed by atoms with Crippen LogP contribution < -0.4 is 10.6 Å². The third kappa shape index (κ3) is 3.23. The first-order chi connectivity index (χ1) is 10.5. The lowest BCUT2D eigenvalue weighted by Crippen LogP contribution is -2.22. The molecular weight excluding hydrogens is 384 g/mol. The van der Waals surface area contributed by atoms with Crippen LogP contribution in [0.2, 0.25) is 0 Å². The van der Waals surface area contributed by atoms with Crippen LogP contribution in [0.15, 0.2) is 43.7 Å². The second-order valence-corrected chi connectivity index (χ2v) is 7.90. The lowest BCUT2D eigenvalue weighted by molar-refractivity contribution is 0.899. The summed E-state index contributed by atoms with van der Waals surface area (Å²) in [6.07, 6.45) is 1.62. The summed E-state index contributed by atoms with van der Waals surface area (Å²) in [5.74, 6) is 0.817. The van der Waals surface area contributed by atoms with Crippen molar-refractivity contribution in [1.82, 2.24) is 10.2 Å². The molecule has 0 bridgehead atoms. The maximum atomic E-state index is 11.9. The van der Waals surface area contributed by atoms with Gasteiger partial charge in [0.1, 0.15) is 4.90 Å². The Morgan fingerprint density at radius 3 is 3.05 bits per heavy atom. The van der Waals surface area contributed by atoms with Gasteiger partial charge in [0.15, 0.2) is 4.38 Å². The number of hydrogen-bond donors (Lipinski definition) is 1. The lowest BCUT2D eigenvalue weighted by Gasteiger charge is -2.22. The summed E-state index contributed by atoms with van der Waals surface area (Å²) in [5.41, 5.74) is 3.05. The molecule has 5 nitrogen and oxygen atoms in total. The van der Waals surface area contributed by atoms with E-state index in [4.69, 9.17) is 0 Å². The summed E-state index contributed by atoms with van der Waals surface area (Å²) in [5, 5.41) is 12.5. The van der Waals surface area contributed by atoms with E-state index < -0.39 is 0 Å². The van der Waals surface area contributed by atoms with Gasteiger partial charge >= 0.3 is 0 Å². The zero-order valence-electron chi connectivity index (χ0n) is 12.0. The van der Waals surface area contributed by atoms with Crippen molar-refractivity contribution >= 4 is 49.5 Å². The Labute approximate surface area is 144 Å². The second-order valence-electron chi connectivity index (χ2n) is 4.76. The number of aryl methyl sites for hydroxylation is 1. The van der Waals surface area contributed by atoms with Crippen molar-refractivity contribution in [2.24, 2.45) is 5.10 Å². The minimum absolute atomic E-state index is 0.179. The zero-order valence-corrected chi connectivity index (χ0v) is 15.2. The normalized spacial score (nSPS) is 13.8. The molecule has 0 fully saturated rings. The number of fused-ring (bicyclic) bond motifs is 1. The summed E-state index contributed by atoms with van der Waals surface area (Å²) in [7, 11) is 1.82. The Morgan fingerprint density at radius 1 is 1.45 bits per heavy atom. The van der Waals surface area contributed by atoms with Crippen molar-refractivity contribution in [2.45, 2.75) is 17.6 Å². The standard InChI is InChI=1S/C14H13BrN4OS2/c1-8-5-10(15)4-3-9(8)7-21-14-18-19(2)11-6-16-17-13(20)12(11)22-14/h3-6H,7H2,1-2H3,(H,17,20). The third-order valence-electron chi connectivity index (χ3n) is 3.22. The molecule has 1 aliphatic heterocycles. The van der Waals surface area contributed by atoms with E-state index in [0.29, 0.717) is 4.90 Å². The topological polar surface area (TPSA) is 61.4 Å². The van der Waals surface area contributed by atoms with Crippen LogP contribution in [0.5, 0.6) is 0 Å². The molecule has 22 heavy (non-hydrogen) atoms. The van der Waals surface area contributed by atoms with Gasteiger partial charge in [-0.05, 0) is 30.2 Å². The molecule has 1 aromatic carbocycles.